The van der Waals surface area contributed by atoms with E-state index in [-0.39, 0.29) is 0 Å². The topological polar surface area (TPSA) is 21.3 Å². The summed E-state index contributed by atoms with van der Waals surface area (Å²) in [5, 5.41) is 3.48. The van der Waals surface area contributed by atoms with E-state index in [2.05, 4.69) is 19.2 Å². The van der Waals surface area contributed by atoms with Crippen LogP contribution >= 0.6 is 0 Å². The first kappa shape index (κ1) is 12.0. The van der Waals surface area contributed by atoms with Crippen LogP contribution in [0.2, 0.25) is 0 Å². The van der Waals surface area contributed by atoms with E-state index in [1.165, 1.54) is 32.2 Å². The van der Waals surface area contributed by atoms with E-state index in [1.54, 1.807) is 0 Å². The van der Waals surface area contributed by atoms with Gasteiger partial charge in [0.25, 0.3) is 0 Å². The quantitative estimate of drug-likeness (QED) is 0.636. The summed E-state index contributed by atoms with van der Waals surface area (Å²) in [5.74, 6) is 0.943. The molecule has 0 aromatic rings. The van der Waals surface area contributed by atoms with Crippen molar-refractivity contribution in [2.24, 2.45) is 5.92 Å². The van der Waals surface area contributed by atoms with Gasteiger partial charge in [-0.15, -0.1) is 0 Å². The maximum Gasteiger partial charge on any atom is 0.0594 e. The van der Waals surface area contributed by atoms with Crippen LogP contribution in [0.5, 0.6) is 0 Å². The van der Waals surface area contributed by atoms with Crippen molar-refractivity contribution in [1.29, 1.82) is 0 Å². The zero-order valence-corrected chi connectivity index (χ0v) is 9.72. The summed E-state index contributed by atoms with van der Waals surface area (Å²) in [6.07, 6.45) is 7.27. The highest BCUT2D eigenvalue weighted by Crippen LogP contribution is 2.23. The molecule has 1 rings (SSSR count). The van der Waals surface area contributed by atoms with Gasteiger partial charge in [-0.2, -0.15) is 0 Å². The van der Waals surface area contributed by atoms with Gasteiger partial charge < -0.3 is 10.1 Å². The van der Waals surface area contributed by atoms with Crippen LogP contribution in [-0.4, -0.2) is 25.8 Å². The van der Waals surface area contributed by atoms with Gasteiger partial charge in [0, 0.05) is 6.54 Å². The Bertz CT molecular complexity index is 132. The molecule has 0 heterocycles. The van der Waals surface area contributed by atoms with Gasteiger partial charge in [0.05, 0.1) is 12.7 Å². The van der Waals surface area contributed by atoms with Crippen LogP contribution in [0.3, 0.4) is 0 Å². The molecule has 1 unspecified atom stereocenters. The number of ether oxygens (including phenoxy) is 1. The summed E-state index contributed by atoms with van der Waals surface area (Å²) < 4.78 is 5.59. The van der Waals surface area contributed by atoms with Crippen molar-refractivity contribution in [2.75, 3.05) is 19.7 Å². The monoisotopic (exact) mass is 199 g/mol. The lowest BCUT2D eigenvalue weighted by atomic mass is 10.1. The largest absolute Gasteiger partial charge is 0.377 e. The van der Waals surface area contributed by atoms with E-state index < -0.39 is 0 Å². The fourth-order valence-corrected chi connectivity index (χ4v) is 1.97. The third kappa shape index (κ3) is 4.97. The maximum atomic E-state index is 5.59. The number of hydrogen-bond donors (Lipinski definition) is 1. The molecule has 0 saturated heterocycles. The van der Waals surface area contributed by atoms with E-state index in [1.807, 2.05) is 0 Å². The van der Waals surface area contributed by atoms with E-state index in [4.69, 9.17) is 4.74 Å². The molecule has 0 radical (unpaired) electrons. The summed E-state index contributed by atoms with van der Waals surface area (Å²) in [6.45, 7) is 7.38. The Balaban J connectivity index is 1.84. The lowest BCUT2D eigenvalue weighted by Gasteiger charge is -2.13. The van der Waals surface area contributed by atoms with Crippen molar-refractivity contribution < 1.29 is 4.74 Å². The molecule has 2 heteroatoms. The van der Waals surface area contributed by atoms with Crippen LogP contribution in [0.4, 0.5) is 0 Å². The van der Waals surface area contributed by atoms with Crippen molar-refractivity contribution in [2.45, 2.75) is 52.1 Å². The van der Waals surface area contributed by atoms with Gasteiger partial charge in [-0.25, -0.2) is 0 Å². The standard InChI is InChI=1S/C12H25NO/c1-3-11(2)14-9-8-13-10-12-6-4-5-7-12/h11-13H,3-10H2,1-2H3. The molecule has 1 aliphatic rings. The van der Waals surface area contributed by atoms with E-state index >= 15 is 0 Å². The van der Waals surface area contributed by atoms with Gasteiger partial charge in [0.15, 0.2) is 0 Å². The van der Waals surface area contributed by atoms with Gasteiger partial charge in [-0.1, -0.05) is 19.8 Å². The van der Waals surface area contributed by atoms with Crippen LogP contribution in [0.1, 0.15) is 46.0 Å². The molecule has 1 atom stereocenters. The summed E-state index contributed by atoms with van der Waals surface area (Å²) in [5.41, 5.74) is 0. The van der Waals surface area contributed by atoms with Crippen molar-refractivity contribution in [3.05, 3.63) is 0 Å². The predicted octanol–water partition coefficient (Wildman–Crippen LogP) is 2.58. The van der Waals surface area contributed by atoms with Crippen molar-refractivity contribution in [3.63, 3.8) is 0 Å². The summed E-state index contributed by atoms with van der Waals surface area (Å²) in [6, 6.07) is 0. The normalized spacial score (nSPS) is 20.1. The lowest BCUT2D eigenvalue weighted by molar-refractivity contribution is 0.0652. The third-order valence-electron chi connectivity index (χ3n) is 3.16. The molecular formula is C12H25NO. The Kier molecular flexibility index (Phi) is 6.20. The second-order valence-electron chi connectivity index (χ2n) is 4.44. The van der Waals surface area contributed by atoms with Crippen LogP contribution in [0.15, 0.2) is 0 Å². The van der Waals surface area contributed by atoms with Crippen molar-refractivity contribution in [1.82, 2.24) is 5.32 Å². The first-order valence-electron chi connectivity index (χ1n) is 6.15. The van der Waals surface area contributed by atoms with Crippen molar-refractivity contribution >= 4 is 0 Å². The average molecular weight is 199 g/mol. The molecule has 0 bridgehead atoms. The summed E-state index contributed by atoms with van der Waals surface area (Å²) >= 11 is 0. The second-order valence-corrected chi connectivity index (χ2v) is 4.44. The van der Waals surface area contributed by atoms with Gasteiger partial charge in [0.2, 0.25) is 0 Å². The molecule has 0 amide bonds. The molecule has 84 valence electrons. The molecule has 1 N–H and O–H groups in total. The zero-order valence-electron chi connectivity index (χ0n) is 9.72. The molecular weight excluding hydrogens is 174 g/mol. The first-order chi connectivity index (χ1) is 6.83. The lowest BCUT2D eigenvalue weighted by Crippen LogP contribution is -2.26. The van der Waals surface area contributed by atoms with Gasteiger partial charge in [-0.05, 0) is 38.6 Å². The van der Waals surface area contributed by atoms with Crippen LogP contribution in [0, 0.1) is 5.92 Å². The minimum absolute atomic E-state index is 0.420. The third-order valence-corrected chi connectivity index (χ3v) is 3.16. The Labute approximate surface area is 88.4 Å². The van der Waals surface area contributed by atoms with Crippen LogP contribution < -0.4 is 5.32 Å². The molecule has 14 heavy (non-hydrogen) atoms. The minimum Gasteiger partial charge on any atom is -0.377 e. The van der Waals surface area contributed by atoms with Gasteiger partial charge in [0.1, 0.15) is 0 Å². The zero-order chi connectivity index (χ0) is 10.2. The molecule has 0 aromatic carbocycles. The van der Waals surface area contributed by atoms with E-state index in [0.717, 1.165) is 25.5 Å². The highest BCUT2D eigenvalue weighted by Gasteiger charge is 2.13. The second kappa shape index (κ2) is 7.24. The average Bonchev–Trinajstić information content (AvgIpc) is 2.69. The number of nitrogens with one attached hydrogen (secondary N) is 1. The fraction of sp³-hybridized carbons (Fsp3) is 1.00. The van der Waals surface area contributed by atoms with Crippen LogP contribution in [-0.2, 0) is 4.74 Å². The summed E-state index contributed by atoms with van der Waals surface area (Å²) in [7, 11) is 0. The Morgan fingerprint density at radius 3 is 2.71 bits per heavy atom. The number of rotatable bonds is 7. The minimum atomic E-state index is 0.420. The highest BCUT2D eigenvalue weighted by molar-refractivity contribution is 4.69. The number of hydrogen-bond acceptors (Lipinski definition) is 2. The predicted molar refractivity (Wildman–Crippen MR) is 60.5 cm³/mol. The Morgan fingerprint density at radius 2 is 2.07 bits per heavy atom. The van der Waals surface area contributed by atoms with E-state index in [0.29, 0.717) is 6.10 Å². The van der Waals surface area contributed by atoms with E-state index in [9.17, 15) is 0 Å². The SMILES string of the molecule is CCC(C)OCCNCC1CCCC1. The van der Waals surface area contributed by atoms with Gasteiger partial charge in [-0.3, -0.25) is 0 Å². The Morgan fingerprint density at radius 1 is 1.36 bits per heavy atom. The van der Waals surface area contributed by atoms with Crippen molar-refractivity contribution in [3.8, 4) is 0 Å². The molecule has 2 nitrogen and oxygen atoms in total. The molecule has 1 fully saturated rings. The van der Waals surface area contributed by atoms with Crippen LogP contribution in [0.25, 0.3) is 0 Å². The molecule has 1 saturated carbocycles. The van der Waals surface area contributed by atoms with Gasteiger partial charge >= 0.3 is 0 Å². The molecule has 0 aromatic heterocycles. The Hall–Kier alpha value is -0.0800. The first-order valence-corrected chi connectivity index (χ1v) is 6.15. The molecule has 0 spiro atoms. The maximum absolute atomic E-state index is 5.59. The summed E-state index contributed by atoms with van der Waals surface area (Å²) in [4.78, 5) is 0. The smallest absolute Gasteiger partial charge is 0.0594 e. The fourth-order valence-electron chi connectivity index (χ4n) is 1.97. The molecule has 1 aliphatic carbocycles. The molecule has 0 aliphatic heterocycles. The highest BCUT2D eigenvalue weighted by atomic mass is 16.5.